The second-order valence-electron chi connectivity index (χ2n) is 1.62. The smallest absolute Gasteiger partial charge is 0.0682 e. The van der Waals surface area contributed by atoms with Gasteiger partial charge in [0.2, 0.25) is 0 Å². The average molecular weight is 205 g/mol. The van der Waals surface area contributed by atoms with Crippen molar-refractivity contribution < 1.29 is 0 Å². The van der Waals surface area contributed by atoms with E-state index >= 15 is 0 Å². The maximum Gasteiger partial charge on any atom is 0.0682 e. The van der Waals surface area contributed by atoms with Crippen LogP contribution < -0.4 is 5.73 Å². The summed E-state index contributed by atoms with van der Waals surface area (Å²) in [5.41, 5.74) is 7.67. The highest BCUT2D eigenvalue weighted by Gasteiger charge is 1.93. The second kappa shape index (κ2) is 2.58. The van der Waals surface area contributed by atoms with Crippen LogP contribution in [0.1, 0.15) is 0 Å². The predicted molar refractivity (Wildman–Crippen MR) is 41.9 cm³/mol. The lowest BCUT2D eigenvalue weighted by atomic mass is 10.3. The fourth-order valence-electron chi connectivity index (χ4n) is 0.489. The van der Waals surface area contributed by atoms with Crippen LogP contribution in [0.5, 0.6) is 0 Å². The Hall–Kier alpha value is -0.210. The number of hydrogen-bond acceptors (Lipinski definition) is 0. The topological polar surface area (TPSA) is 23.8 Å². The molecule has 1 nitrogen and oxygen atoms in total. The molecular formula is C6H4BrClN. The van der Waals surface area contributed by atoms with Gasteiger partial charge < -0.3 is 0 Å². The minimum Gasteiger partial charge on any atom is -0.300 e. The Labute approximate surface area is 66.9 Å². The number of rotatable bonds is 0. The molecule has 0 aromatic heterocycles. The van der Waals surface area contributed by atoms with E-state index in [1.807, 2.05) is 0 Å². The highest BCUT2D eigenvalue weighted by molar-refractivity contribution is 9.10. The molecule has 1 rings (SSSR count). The third kappa shape index (κ3) is 1.60. The van der Waals surface area contributed by atoms with E-state index < -0.39 is 0 Å². The molecule has 0 heterocycles. The summed E-state index contributed by atoms with van der Waals surface area (Å²) < 4.78 is 0.731. The van der Waals surface area contributed by atoms with Crippen LogP contribution in [0, 0.1) is 0 Å². The normalized spacial score (nSPS) is 9.56. The highest BCUT2D eigenvalue weighted by atomic mass is 79.9. The van der Waals surface area contributed by atoms with Crippen LogP contribution in [0.4, 0.5) is 5.69 Å². The molecule has 0 unspecified atom stereocenters. The van der Waals surface area contributed by atoms with Gasteiger partial charge in [0.15, 0.2) is 0 Å². The Balaban J connectivity index is 3.17. The third-order valence-electron chi connectivity index (χ3n) is 0.931. The third-order valence-corrected chi connectivity index (χ3v) is 1.82. The SMILES string of the molecule is [NH]c1ccc(Cl)cc1Br. The van der Waals surface area contributed by atoms with Crippen molar-refractivity contribution in [1.82, 2.24) is 5.73 Å². The molecule has 0 aliphatic carbocycles. The molecule has 1 aromatic carbocycles. The van der Waals surface area contributed by atoms with Gasteiger partial charge >= 0.3 is 0 Å². The van der Waals surface area contributed by atoms with Crippen molar-refractivity contribution in [3.8, 4) is 0 Å². The molecule has 47 valence electrons. The van der Waals surface area contributed by atoms with Gasteiger partial charge in [-0.1, -0.05) is 11.6 Å². The number of hydrogen-bond donors (Lipinski definition) is 0. The summed E-state index contributed by atoms with van der Waals surface area (Å²) in [7, 11) is 0. The van der Waals surface area contributed by atoms with Crippen molar-refractivity contribution in [2.75, 3.05) is 0 Å². The molecule has 0 aliphatic heterocycles. The average Bonchev–Trinajstić information content (AvgIpc) is 1.80. The van der Waals surface area contributed by atoms with Gasteiger partial charge in [0.05, 0.1) is 5.69 Å². The fraction of sp³-hybridized carbons (Fsp3) is 0. The molecule has 1 N–H and O–H groups in total. The second-order valence-corrected chi connectivity index (χ2v) is 2.91. The van der Waals surface area contributed by atoms with Gasteiger partial charge in [0.1, 0.15) is 0 Å². The quantitative estimate of drug-likeness (QED) is 0.622. The van der Waals surface area contributed by atoms with E-state index in [-0.39, 0.29) is 0 Å². The zero-order chi connectivity index (χ0) is 6.85. The molecule has 0 bridgehead atoms. The van der Waals surface area contributed by atoms with Crippen molar-refractivity contribution >= 4 is 33.2 Å². The van der Waals surface area contributed by atoms with Gasteiger partial charge in [-0.15, -0.1) is 0 Å². The lowest BCUT2D eigenvalue weighted by Gasteiger charge is -1.94. The molecule has 0 saturated carbocycles. The number of halogens is 2. The highest BCUT2D eigenvalue weighted by Crippen LogP contribution is 2.23. The largest absolute Gasteiger partial charge is 0.300 e. The van der Waals surface area contributed by atoms with Crippen LogP contribution in [0.2, 0.25) is 5.02 Å². The summed E-state index contributed by atoms with van der Waals surface area (Å²) in [5, 5.41) is 0.651. The first-order valence-electron chi connectivity index (χ1n) is 2.37. The first kappa shape index (κ1) is 6.90. The van der Waals surface area contributed by atoms with Crippen molar-refractivity contribution in [1.29, 1.82) is 0 Å². The Bertz CT molecular complexity index is 224. The first-order valence-corrected chi connectivity index (χ1v) is 3.54. The number of nitrogens with one attached hydrogen (secondary N) is 1. The lowest BCUT2D eigenvalue weighted by molar-refractivity contribution is 1.45. The Morgan fingerprint density at radius 1 is 1.44 bits per heavy atom. The van der Waals surface area contributed by atoms with Gasteiger partial charge in [0, 0.05) is 9.50 Å². The first-order chi connectivity index (χ1) is 4.20. The van der Waals surface area contributed by atoms with Crippen LogP contribution >= 0.6 is 27.5 Å². The van der Waals surface area contributed by atoms with Crippen LogP contribution in [0.15, 0.2) is 22.7 Å². The summed E-state index contributed by atoms with van der Waals surface area (Å²) in [6, 6.07) is 5.03. The van der Waals surface area contributed by atoms with Crippen LogP contribution in [-0.2, 0) is 0 Å². The van der Waals surface area contributed by atoms with E-state index in [1.165, 1.54) is 0 Å². The standard InChI is InChI=1S/C6H4BrClN/c7-5-3-4(8)1-2-6(5)9/h1-3,9H. The van der Waals surface area contributed by atoms with E-state index in [1.54, 1.807) is 18.2 Å². The minimum atomic E-state index is 0.458. The van der Waals surface area contributed by atoms with Crippen LogP contribution in [0.25, 0.3) is 0 Å². The Morgan fingerprint density at radius 2 is 2.11 bits per heavy atom. The van der Waals surface area contributed by atoms with Crippen LogP contribution in [0.3, 0.4) is 0 Å². The molecule has 1 aromatic rings. The van der Waals surface area contributed by atoms with E-state index in [4.69, 9.17) is 17.3 Å². The van der Waals surface area contributed by atoms with Crippen molar-refractivity contribution in [2.24, 2.45) is 0 Å². The van der Waals surface area contributed by atoms with E-state index in [9.17, 15) is 0 Å². The molecule has 1 radical (unpaired) electrons. The summed E-state index contributed by atoms with van der Waals surface area (Å²) in [4.78, 5) is 0. The minimum absolute atomic E-state index is 0.458. The van der Waals surface area contributed by atoms with Crippen LogP contribution in [-0.4, -0.2) is 0 Å². The maximum atomic E-state index is 7.21. The van der Waals surface area contributed by atoms with Gasteiger partial charge in [-0.05, 0) is 34.1 Å². The maximum absolute atomic E-state index is 7.21. The Morgan fingerprint density at radius 3 is 2.56 bits per heavy atom. The van der Waals surface area contributed by atoms with E-state index in [0.717, 1.165) is 4.47 Å². The molecule has 0 saturated heterocycles. The van der Waals surface area contributed by atoms with E-state index in [0.29, 0.717) is 10.7 Å². The molecule has 0 spiro atoms. The van der Waals surface area contributed by atoms with E-state index in [2.05, 4.69) is 15.9 Å². The molecule has 0 atom stereocenters. The van der Waals surface area contributed by atoms with Gasteiger partial charge in [-0.25, -0.2) is 0 Å². The molecule has 0 fully saturated rings. The van der Waals surface area contributed by atoms with Gasteiger partial charge in [-0.2, -0.15) is 0 Å². The monoisotopic (exact) mass is 204 g/mol. The molecule has 9 heavy (non-hydrogen) atoms. The van der Waals surface area contributed by atoms with Crippen molar-refractivity contribution in [2.45, 2.75) is 0 Å². The number of benzene rings is 1. The van der Waals surface area contributed by atoms with Gasteiger partial charge in [-0.3, -0.25) is 5.73 Å². The molecule has 0 amide bonds. The zero-order valence-electron chi connectivity index (χ0n) is 4.49. The van der Waals surface area contributed by atoms with Crippen molar-refractivity contribution in [3.63, 3.8) is 0 Å². The predicted octanol–water partition coefficient (Wildman–Crippen LogP) is 3.02. The summed E-state index contributed by atoms with van der Waals surface area (Å²) >= 11 is 8.78. The summed E-state index contributed by atoms with van der Waals surface area (Å²) in [5.74, 6) is 0. The Kier molecular flexibility index (Phi) is 1.98. The van der Waals surface area contributed by atoms with Gasteiger partial charge in [0.25, 0.3) is 0 Å². The van der Waals surface area contributed by atoms with Crippen molar-refractivity contribution in [3.05, 3.63) is 27.7 Å². The summed E-state index contributed by atoms with van der Waals surface area (Å²) in [6.07, 6.45) is 0. The summed E-state index contributed by atoms with van der Waals surface area (Å²) in [6.45, 7) is 0. The molecular weight excluding hydrogens is 201 g/mol. The zero-order valence-corrected chi connectivity index (χ0v) is 6.83. The molecule has 3 heteroatoms. The fourth-order valence-corrected chi connectivity index (χ4v) is 1.17. The lowest BCUT2D eigenvalue weighted by Crippen LogP contribution is -1.70. The molecule has 0 aliphatic rings.